The highest BCUT2D eigenvalue weighted by atomic mass is 16.5. The van der Waals surface area contributed by atoms with Crippen molar-refractivity contribution in [2.75, 3.05) is 0 Å². The molecule has 0 bridgehead atoms. The van der Waals surface area contributed by atoms with Gasteiger partial charge in [0.25, 0.3) is 5.56 Å². The summed E-state index contributed by atoms with van der Waals surface area (Å²) in [6.07, 6.45) is 0.0539. The van der Waals surface area contributed by atoms with Gasteiger partial charge in [0.15, 0.2) is 0 Å². The van der Waals surface area contributed by atoms with E-state index in [0.29, 0.717) is 5.56 Å². The molecule has 0 saturated heterocycles. The maximum Gasteiger partial charge on any atom is 0.303 e. The number of rotatable bonds is 5. The zero-order chi connectivity index (χ0) is 15.6. The Morgan fingerprint density at radius 1 is 1.43 bits per heavy atom. The molecule has 21 heavy (non-hydrogen) atoms. The number of aromatic nitrogens is 3. The third-order valence-corrected chi connectivity index (χ3v) is 3.10. The predicted molar refractivity (Wildman–Crippen MR) is 75.1 cm³/mol. The van der Waals surface area contributed by atoms with Crippen LogP contribution in [0.2, 0.25) is 0 Å². The second kappa shape index (κ2) is 5.90. The van der Waals surface area contributed by atoms with Gasteiger partial charge in [-0.05, 0) is 32.9 Å². The molecule has 2 aromatic rings. The van der Waals surface area contributed by atoms with Crippen molar-refractivity contribution in [1.29, 1.82) is 0 Å². The Kier molecular flexibility index (Phi) is 4.21. The van der Waals surface area contributed by atoms with Crippen LogP contribution in [-0.2, 0) is 11.2 Å². The van der Waals surface area contributed by atoms with E-state index in [0.717, 1.165) is 5.69 Å². The van der Waals surface area contributed by atoms with Gasteiger partial charge in [-0.25, -0.2) is 0 Å². The Hall–Kier alpha value is -2.44. The van der Waals surface area contributed by atoms with Gasteiger partial charge >= 0.3 is 5.97 Å². The second-order valence-electron chi connectivity index (χ2n) is 5.06. The fourth-order valence-electron chi connectivity index (χ4n) is 2.14. The van der Waals surface area contributed by atoms with Crippen LogP contribution in [-0.4, -0.2) is 25.8 Å². The highest BCUT2D eigenvalue weighted by Gasteiger charge is 2.16. The molecule has 2 aromatic heterocycles. The zero-order valence-electron chi connectivity index (χ0n) is 12.2. The average molecular weight is 291 g/mol. The van der Waals surface area contributed by atoms with Crippen LogP contribution in [0, 0.1) is 6.92 Å². The largest absolute Gasteiger partial charge is 0.481 e. The quantitative estimate of drug-likeness (QED) is 0.902. The lowest BCUT2D eigenvalue weighted by Gasteiger charge is -2.14. The summed E-state index contributed by atoms with van der Waals surface area (Å²) in [5.74, 6) is -0.537. The minimum atomic E-state index is -0.938. The lowest BCUT2D eigenvalue weighted by atomic mass is 10.2. The highest BCUT2D eigenvalue weighted by Crippen LogP contribution is 2.15. The molecule has 0 spiro atoms. The first-order valence-corrected chi connectivity index (χ1v) is 6.67. The summed E-state index contributed by atoms with van der Waals surface area (Å²) in [5, 5.41) is 12.4. The molecule has 0 unspecified atom stereocenters. The van der Waals surface area contributed by atoms with Crippen molar-refractivity contribution in [3.8, 4) is 11.4 Å². The number of aliphatic carboxylic acids is 1. The Bertz CT molecular complexity index is 715. The Morgan fingerprint density at radius 3 is 2.76 bits per heavy atom. The third kappa shape index (κ3) is 3.18. The summed E-state index contributed by atoms with van der Waals surface area (Å²) < 4.78 is 6.64. The van der Waals surface area contributed by atoms with Crippen LogP contribution in [0.4, 0.5) is 0 Å². The first-order chi connectivity index (χ1) is 9.90. The second-order valence-corrected chi connectivity index (χ2v) is 5.06. The topological polar surface area (TPSA) is 98.2 Å². The first kappa shape index (κ1) is 15.0. The van der Waals surface area contributed by atoms with E-state index < -0.39 is 5.97 Å². The number of pyridine rings is 1. The van der Waals surface area contributed by atoms with Crippen LogP contribution >= 0.6 is 0 Å². The molecule has 2 heterocycles. The van der Waals surface area contributed by atoms with Crippen molar-refractivity contribution >= 4 is 5.97 Å². The molecule has 7 heteroatoms. The fraction of sp³-hybridized carbons (Fsp3) is 0.429. The number of hydrogen-bond acceptors (Lipinski definition) is 5. The van der Waals surface area contributed by atoms with Gasteiger partial charge in [-0.3, -0.25) is 9.59 Å². The van der Waals surface area contributed by atoms with Gasteiger partial charge in [-0.15, -0.1) is 0 Å². The number of aryl methyl sites for hydroxylation is 2. The zero-order valence-corrected chi connectivity index (χ0v) is 12.2. The molecule has 0 atom stereocenters. The molecule has 2 rings (SSSR count). The van der Waals surface area contributed by atoms with Crippen molar-refractivity contribution in [2.24, 2.45) is 0 Å². The van der Waals surface area contributed by atoms with Gasteiger partial charge in [0.2, 0.25) is 11.7 Å². The van der Waals surface area contributed by atoms with Gasteiger partial charge in [-0.1, -0.05) is 5.16 Å². The van der Waals surface area contributed by atoms with Gasteiger partial charge in [0.05, 0.1) is 12.0 Å². The highest BCUT2D eigenvalue weighted by molar-refractivity contribution is 5.66. The van der Waals surface area contributed by atoms with E-state index in [1.807, 2.05) is 26.8 Å². The van der Waals surface area contributed by atoms with Crippen molar-refractivity contribution in [1.82, 2.24) is 14.7 Å². The fourth-order valence-corrected chi connectivity index (χ4v) is 2.14. The van der Waals surface area contributed by atoms with Crippen molar-refractivity contribution < 1.29 is 14.4 Å². The Balaban J connectivity index is 2.37. The summed E-state index contributed by atoms with van der Waals surface area (Å²) in [4.78, 5) is 27.1. The van der Waals surface area contributed by atoms with Crippen LogP contribution in [0.5, 0.6) is 0 Å². The molecule has 0 aliphatic carbocycles. The standard InChI is InChI=1S/C14H17N3O4/c1-8(2)17-9(3)4-5-10(14(17)20)13-15-11(21-16-13)6-7-12(18)19/h4-5,8H,6-7H2,1-3H3,(H,18,19). The van der Waals surface area contributed by atoms with E-state index in [2.05, 4.69) is 10.1 Å². The maximum atomic E-state index is 12.5. The maximum absolute atomic E-state index is 12.5. The number of nitrogens with zero attached hydrogens (tertiary/aromatic N) is 3. The monoisotopic (exact) mass is 291 g/mol. The molecule has 0 aliphatic rings. The Labute approximate surface area is 121 Å². The molecule has 0 saturated carbocycles. The average Bonchev–Trinajstić information content (AvgIpc) is 2.84. The summed E-state index contributed by atoms with van der Waals surface area (Å²) in [6.45, 7) is 5.71. The van der Waals surface area contributed by atoms with E-state index >= 15 is 0 Å². The SMILES string of the molecule is Cc1ccc(-c2noc(CCC(=O)O)n2)c(=O)n1C(C)C. The number of carboxylic acid groups (broad SMARTS) is 1. The molecule has 0 radical (unpaired) electrons. The van der Waals surface area contributed by atoms with Crippen LogP contribution < -0.4 is 5.56 Å². The summed E-state index contributed by atoms with van der Waals surface area (Å²) in [5.41, 5.74) is 1.02. The number of carbonyl (C=O) groups is 1. The van der Waals surface area contributed by atoms with Crippen LogP contribution in [0.1, 0.15) is 37.9 Å². The lowest BCUT2D eigenvalue weighted by molar-refractivity contribution is -0.137. The number of carboxylic acids is 1. The molecule has 0 amide bonds. The van der Waals surface area contributed by atoms with E-state index in [9.17, 15) is 9.59 Å². The summed E-state index contributed by atoms with van der Waals surface area (Å²) >= 11 is 0. The Morgan fingerprint density at radius 2 is 2.14 bits per heavy atom. The normalized spacial score (nSPS) is 11.0. The van der Waals surface area contributed by atoms with E-state index in [4.69, 9.17) is 9.63 Å². The van der Waals surface area contributed by atoms with Crippen LogP contribution in [0.25, 0.3) is 11.4 Å². The molecule has 0 aromatic carbocycles. The van der Waals surface area contributed by atoms with Gasteiger partial charge < -0.3 is 14.2 Å². The first-order valence-electron chi connectivity index (χ1n) is 6.67. The molecule has 7 nitrogen and oxygen atoms in total. The van der Waals surface area contributed by atoms with Crippen molar-refractivity contribution in [3.63, 3.8) is 0 Å². The summed E-state index contributed by atoms with van der Waals surface area (Å²) in [6, 6.07) is 3.50. The number of hydrogen-bond donors (Lipinski definition) is 1. The van der Waals surface area contributed by atoms with Crippen molar-refractivity contribution in [3.05, 3.63) is 34.1 Å². The van der Waals surface area contributed by atoms with E-state index in [1.165, 1.54) is 0 Å². The third-order valence-electron chi connectivity index (χ3n) is 3.10. The molecule has 0 aliphatic heterocycles. The molecular formula is C14H17N3O4. The molecule has 112 valence electrons. The molecule has 0 fully saturated rings. The molecular weight excluding hydrogens is 274 g/mol. The van der Waals surface area contributed by atoms with Gasteiger partial charge in [0, 0.05) is 18.2 Å². The van der Waals surface area contributed by atoms with Gasteiger partial charge in [0.1, 0.15) is 0 Å². The van der Waals surface area contributed by atoms with E-state index in [-0.39, 0.29) is 36.2 Å². The minimum absolute atomic E-state index is 0.0239. The smallest absolute Gasteiger partial charge is 0.303 e. The summed E-state index contributed by atoms with van der Waals surface area (Å²) in [7, 11) is 0. The molecule has 1 N–H and O–H groups in total. The van der Waals surface area contributed by atoms with Crippen LogP contribution in [0.15, 0.2) is 21.5 Å². The minimum Gasteiger partial charge on any atom is -0.481 e. The van der Waals surface area contributed by atoms with Crippen LogP contribution in [0.3, 0.4) is 0 Å². The predicted octanol–water partition coefficient (Wildman–Crippen LogP) is 1.80. The van der Waals surface area contributed by atoms with Gasteiger partial charge in [-0.2, -0.15) is 4.98 Å². The lowest BCUT2D eigenvalue weighted by Crippen LogP contribution is -2.25. The van der Waals surface area contributed by atoms with E-state index in [1.54, 1.807) is 10.6 Å². The van der Waals surface area contributed by atoms with Crippen molar-refractivity contribution in [2.45, 2.75) is 39.7 Å².